The summed E-state index contributed by atoms with van der Waals surface area (Å²) in [6.07, 6.45) is 1.43. The van der Waals surface area contributed by atoms with Crippen LogP contribution in [-0.4, -0.2) is 81.0 Å². The van der Waals surface area contributed by atoms with E-state index in [9.17, 15) is 18.0 Å². The average Bonchev–Trinajstić information content (AvgIpc) is 2.74. The van der Waals surface area contributed by atoms with Crippen LogP contribution in [0.3, 0.4) is 0 Å². The van der Waals surface area contributed by atoms with Crippen molar-refractivity contribution < 1.29 is 27.5 Å². The van der Waals surface area contributed by atoms with Gasteiger partial charge in [-0.2, -0.15) is 0 Å². The van der Waals surface area contributed by atoms with Crippen molar-refractivity contribution in [3.63, 3.8) is 0 Å². The summed E-state index contributed by atoms with van der Waals surface area (Å²) in [7, 11) is -1.99. The van der Waals surface area contributed by atoms with Gasteiger partial charge in [-0.1, -0.05) is 0 Å². The molecule has 2 amide bonds. The second-order valence-electron chi connectivity index (χ2n) is 9.82. The molecule has 1 aliphatic heterocycles. The van der Waals surface area contributed by atoms with Gasteiger partial charge in [0.2, 0.25) is 0 Å². The number of carbonyl (C=O) groups excluding carboxylic acids is 2. The Bertz CT molecular complexity index is 906. The fraction of sp³-hybridized carbons (Fsp3) is 0.667. The molecule has 0 spiro atoms. The molecule has 33 heavy (non-hydrogen) atoms. The summed E-state index contributed by atoms with van der Waals surface area (Å²) in [5.41, 5.74) is -0.115. The number of nitrogens with zero attached hydrogens (tertiary/aromatic N) is 2. The Morgan fingerprint density at radius 3 is 2.36 bits per heavy atom. The second-order valence-corrected chi connectivity index (χ2v) is 11.9. The van der Waals surface area contributed by atoms with E-state index in [2.05, 4.69) is 0 Å². The maximum atomic E-state index is 13.1. The lowest BCUT2D eigenvalue weighted by Gasteiger charge is -2.37. The molecule has 1 unspecified atom stereocenters. The Kier molecular flexibility index (Phi) is 9.31. The van der Waals surface area contributed by atoms with E-state index >= 15 is 0 Å². The molecule has 0 N–H and O–H groups in total. The molecule has 0 radical (unpaired) electrons. The third kappa shape index (κ3) is 7.99. The van der Waals surface area contributed by atoms with E-state index in [0.717, 1.165) is 12.8 Å². The van der Waals surface area contributed by atoms with E-state index in [1.807, 2.05) is 34.6 Å². The fourth-order valence-electron chi connectivity index (χ4n) is 3.79. The van der Waals surface area contributed by atoms with Gasteiger partial charge in [0.05, 0.1) is 17.3 Å². The molecule has 0 saturated carbocycles. The lowest BCUT2D eigenvalue weighted by molar-refractivity contribution is 0.0124. The molecule has 1 aliphatic rings. The molecule has 186 valence electrons. The van der Waals surface area contributed by atoms with Crippen molar-refractivity contribution in [2.24, 2.45) is 5.92 Å². The third-order valence-electron chi connectivity index (χ3n) is 5.53. The number of rotatable bonds is 8. The third-order valence-corrected chi connectivity index (χ3v) is 7.22. The minimum atomic E-state index is -3.44. The minimum absolute atomic E-state index is 0.0153. The van der Waals surface area contributed by atoms with Crippen molar-refractivity contribution in [1.82, 2.24) is 9.80 Å². The van der Waals surface area contributed by atoms with Gasteiger partial charge in [0.25, 0.3) is 5.91 Å². The number of piperidine rings is 1. The van der Waals surface area contributed by atoms with Gasteiger partial charge in [0.1, 0.15) is 5.60 Å². The standard InChI is InChI=1S/C24H38N2O6S/c1-18(2)26(23(28)32-24(3,4)5)17-19-8-7-13-25(16-19)22(27)20-9-11-21(12-10-20)33(29,30)15-14-31-6/h9-12,18-19H,7-8,13-17H2,1-6H3. The molecule has 0 aromatic heterocycles. The number of carbonyl (C=O) groups is 2. The van der Waals surface area contributed by atoms with Crippen LogP contribution in [0.5, 0.6) is 0 Å². The molecular weight excluding hydrogens is 444 g/mol. The van der Waals surface area contributed by atoms with Crippen LogP contribution in [0.1, 0.15) is 57.8 Å². The zero-order chi connectivity index (χ0) is 24.8. The van der Waals surface area contributed by atoms with Crippen LogP contribution in [0.2, 0.25) is 0 Å². The van der Waals surface area contributed by atoms with Crippen molar-refractivity contribution in [2.75, 3.05) is 39.1 Å². The van der Waals surface area contributed by atoms with Gasteiger partial charge >= 0.3 is 6.09 Å². The minimum Gasteiger partial charge on any atom is -0.444 e. The summed E-state index contributed by atoms with van der Waals surface area (Å²) in [6.45, 7) is 11.3. The molecule has 1 heterocycles. The summed E-state index contributed by atoms with van der Waals surface area (Å²) >= 11 is 0. The fourth-order valence-corrected chi connectivity index (χ4v) is 4.96. The first kappa shape index (κ1) is 27.1. The summed E-state index contributed by atoms with van der Waals surface area (Å²) in [4.78, 5) is 29.4. The van der Waals surface area contributed by atoms with Gasteiger partial charge < -0.3 is 19.3 Å². The Balaban J connectivity index is 2.05. The van der Waals surface area contributed by atoms with E-state index in [1.165, 1.54) is 19.2 Å². The summed E-state index contributed by atoms with van der Waals surface area (Å²) in [5.74, 6) is -0.0885. The van der Waals surface area contributed by atoms with Gasteiger partial charge in [0, 0.05) is 38.3 Å². The summed E-state index contributed by atoms with van der Waals surface area (Å²) < 4.78 is 35.0. The molecular formula is C24H38N2O6S. The van der Waals surface area contributed by atoms with Crippen molar-refractivity contribution >= 4 is 21.8 Å². The van der Waals surface area contributed by atoms with Crippen molar-refractivity contribution in [3.8, 4) is 0 Å². The normalized spacial score (nSPS) is 17.2. The van der Waals surface area contributed by atoms with Crippen LogP contribution in [0.4, 0.5) is 4.79 Å². The monoisotopic (exact) mass is 482 g/mol. The molecule has 1 aromatic carbocycles. The molecule has 1 saturated heterocycles. The van der Waals surface area contributed by atoms with E-state index < -0.39 is 15.4 Å². The molecule has 2 rings (SSSR count). The number of ether oxygens (including phenoxy) is 2. The van der Waals surface area contributed by atoms with Crippen molar-refractivity contribution in [3.05, 3.63) is 29.8 Å². The van der Waals surface area contributed by atoms with Crippen LogP contribution in [0.25, 0.3) is 0 Å². The highest BCUT2D eigenvalue weighted by Crippen LogP contribution is 2.23. The maximum Gasteiger partial charge on any atom is 0.410 e. The Labute approximate surface area is 198 Å². The first-order valence-corrected chi connectivity index (χ1v) is 13.1. The lowest BCUT2D eigenvalue weighted by atomic mass is 9.96. The average molecular weight is 483 g/mol. The maximum absolute atomic E-state index is 13.1. The summed E-state index contributed by atoms with van der Waals surface area (Å²) in [6, 6.07) is 6.06. The largest absolute Gasteiger partial charge is 0.444 e. The number of methoxy groups -OCH3 is 1. The zero-order valence-corrected chi connectivity index (χ0v) is 21.5. The summed E-state index contributed by atoms with van der Waals surface area (Å²) in [5, 5.41) is 0. The van der Waals surface area contributed by atoms with E-state index in [-0.39, 0.29) is 41.2 Å². The molecule has 1 fully saturated rings. The number of amides is 2. The van der Waals surface area contributed by atoms with E-state index in [4.69, 9.17) is 9.47 Å². The molecule has 0 bridgehead atoms. The highest BCUT2D eigenvalue weighted by molar-refractivity contribution is 7.91. The van der Waals surface area contributed by atoms with Crippen molar-refractivity contribution in [2.45, 2.75) is 64.0 Å². The van der Waals surface area contributed by atoms with Crippen LogP contribution in [0.15, 0.2) is 29.2 Å². The van der Waals surface area contributed by atoms with E-state index in [0.29, 0.717) is 25.2 Å². The van der Waals surface area contributed by atoms with Crippen LogP contribution in [-0.2, 0) is 19.3 Å². The Morgan fingerprint density at radius 1 is 1.18 bits per heavy atom. The topological polar surface area (TPSA) is 93.2 Å². The molecule has 1 atom stereocenters. The van der Waals surface area contributed by atoms with Crippen LogP contribution < -0.4 is 0 Å². The molecule has 0 aliphatic carbocycles. The number of hydrogen-bond donors (Lipinski definition) is 0. The number of likely N-dealkylation sites (tertiary alicyclic amines) is 1. The second kappa shape index (κ2) is 11.3. The Morgan fingerprint density at radius 2 is 1.82 bits per heavy atom. The number of benzene rings is 1. The Hall–Kier alpha value is -2.13. The molecule has 8 nitrogen and oxygen atoms in total. The van der Waals surface area contributed by atoms with E-state index in [1.54, 1.807) is 21.9 Å². The predicted molar refractivity (Wildman–Crippen MR) is 127 cm³/mol. The lowest BCUT2D eigenvalue weighted by Crippen LogP contribution is -2.48. The van der Waals surface area contributed by atoms with Gasteiger partial charge in [-0.3, -0.25) is 4.79 Å². The van der Waals surface area contributed by atoms with Gasteiger partial charge in [-0.15, -0.1) is 0 Å². The quantitative estimate of drug-likeness (QED) is 0.562. The van der Waals surface area contributed by atoms with Gasteiger partial charge in [-0.05, 0) is 77.6 Å². The van der Waals surface area contributed by atoms with Gasteiger partial charge in [-0.25, -0.2) is 13.2 Å². The first-order valence-electron chi connectivity index (χ1n) is 11.4. The van der Waals surface area contributed by atoms with Crippen LogP contribution in [0, 0.1) is 5.92 Å². The highest BCUT2D eigenvalue weighted by Gasteiger charge is 2.30. The number of sulfone groups is 1. The molecule has 9 heteroatoms. The van der Waals surface area contributed by atoms with Crippen molar-refractivity contribution in [1.29, 1.82) is 0 Å². The smallest absolute Gasteiger partial charge is 0.410 e. The van der Waals surface area contributed by atoms with Crippen LogP contribution >= 0.6 is 0 Å². The zero-order valence-electron chi connectivity index (χ0n) is 20.7. The first-order chi connectivity index (χ1) is 15.3. The number of hydrogen-bond acceptors (Lipinski definition) is 6. The SMILES string of the molecule is COCCS(=O)(=O)c1ccc(C(=O)N2CCCC(CN(C(=O)OC(C)(C)C)C(C)C)C2)cc1. The van der Waals surface area contributed by atoms with Gasteiger partial charge in [0.15, 0.2) is 9.84 Å². The molecule has 1 aromatic rings. The predicted octanol–water partition coefficient (Wildman–Crippen LogP) is 3.60. The highest BCUT2D eigenvalue weighted by atomic mass is 32.2.